The van der Waals surface area contributed by atoms with Crippen LogP contribution in [0.1, 0.15) is 89.3 Å². The number of H-pyrrole nitrogens is 1. The zero-order valence-electron chi connectivity index (χ0n) is 19.1. The summed E-state index contributed by atoms with van der Waals surface area (Å²) in [6, 6.07) is 8.46. The van der Waals surface area contributed by atoms with Crippen LogP contribution in [0.25, 0.3) is 11.3 Å². The molecule has 0 saturated carbocycles. The van der Waals surface area contributed by atoms with Crippen LogP contribution in [0.3, 0.4) is 0 Å². The predicted octanol–water partition coefficient (Wildman–Crippen LogP) is 6.57. The summed E-state index contributed by atoms with van der Waals surface area (Å²) in [4.78, 5) is 2.66. The first-order chi connectivity index (χ1) is 14.3. The highest BCUT2D eigenvalue weighted by atomic mass is 15.3. The van der Waals surface area contributed by atoms with Crippen molar-refractivity contribution >= 4 is 0 Å². The lowest BCUT2D eigenvalue weighted by atomic mass is 10.0. The van der Waals surface area contributed by atoms with Crippen LogP contribution in [0, 0.1) is 6.92 Å². The molecule has 0 fully saturated rings. The molecular weight excluding hydrogens is 356 g/mol. The quantitative estimate of drug-likeness (QED) is 0.325. The maximum absolute atomic E-state index is 4.48. The van der Waals surface area contributed by atoms with Crippen LogP contribution in [0.2, 0.25) is 0 Å². The molecule has 0 aliphatic rings. The van der Waals surface area contributed by atoms with Gasteiger partial charge in [-0.25, -0.2) is 0 Å². The van der Waals surface area contributed by atoms with E-state index in [1.165, 1.54) is 88.4 Å². The van der Waals surface area contributed by atoms with E-state index in [4.69, 9.17) is 0 Å². The molecule has 0 aliphatic heterocycles. The van der Waals surface area contributed by atoms with Crippen LogP contribution in [0.5, 0.6) is 0 Å². The Labute approximate surface area is 178 Å². The summed E-state index contributed by atoms with van der Waals surface area (Å²) >= 11 is 0. The van der Waals surface area contributed by atoms with Gasteiger partial charge in [-0.2, -0.15) is 15.4 Å². The van der Waals surface area contributed by atoms with E-state index in [0.29, 0.717) is 0 Å². The highest BCUT2D eigenvalue weighted by Crippen LogP contribution is 2.23. The summed E-state index contributed by atoms with van der Waals surface area (Å²) in [5, 5.41) is 11.8. The van der Waals surface area contributed by atoms with Gasteiger partial charge in [0.2, 0.25) is 0 Å². The summed E-state index contributed by atoms with van der Waals surface area (Å²) in [6.07, 6.45) is 14.4. The first-order valence-corrected chi connectivity index (χ1v) is 11.9. The molecule has 4 nitrogen and oxygen atoms in total. The monoisotopic (exact) mass is 398 g/mol. The number of nitrogens with zero attached hydrogens (tertiary/aromatic N) is 3. The second-order valence-corrected chi connectivity index (χ2v) is 8.35. The van der Waals surface area contributed by atoms with Crippen molar-refractivity contribution in [2.45, 2.75) is 91.4 Å². The Morgan fingerprint density at radius 2 is 1.38 bits per heavy atom. The largest absolute Gasteiger partial charge is 0.303 e. The minimum Gasteiger partial charge on any atom is -0.303 e. The van der Waals surface area contributed by atoms with E-state index >= 15 is 0 Å². The molecule has 4 heteroatoms. The maximum atomic E-state index is 4.48. The van der Waals surface area contributed by atoms with Crippen molar-refractivity contribution in [1.82, 2.24) is 20.3 Å². The third kappa shape index (κ3) is 8.69. The molecule has 1 aromatic heterocycles. The Morgan fingerprint density at radius 3 is 2.00 bits per heavy atom. The van der Waals surface area contributed by atoms with Crippen molar-refractivity contribution < 1.29 is 0 Å². The number of hydrogen-bond donors (Lipinski definition) is 1. The fraction of sp³-hybridized carbons (Fsp3) is 0.680. The fourth-order valence-corrected chi connectivity index (χ4v) is 3.96. The van der Waals surface area contributed by atoms with Gasteiger partial charge in [-0.15, -0.1) is 0 Å². The highest BCUT2D eigenvalue weighted by Gasteiger charge is 2.14. The molecule has 0 radical (unpaired) electrons. The molecule has 0 amide bonds. The van der Waals surface area contributed by atoms with Crippen molar-refractivity contribution in [3.63, 3.8) is 0 Å². The van der Waals surface area contributed by atoms with Crippen LogP contribution < -0.4 is 0 Å². The summed E-state index contributed by atoms with van der Waals surface area (Å²) in [6.45, 7) is 10.2. The normalized spacial score (nSPS) is 11.4. The van der Waals surface area contributed by atoms with E-state index in [0.717, 1.165) is 24.4 Å². The smallest absolute Gasteiger partial charge is 0.116 e. The molecule has 29 heavy (non-hydrogen) atoms. The molecule has 1 N–H and O–H groups in total. The maximum Gasteiger partial charge on any atom is 0.116 e. The molecule has 2 aromatic rings. The number of rotatable bonds is 16. The number of aromatic nitrogens is 3. The summed E-state index contributed by atoms with van der Waals surface area (Å²) < 4.78 is 0. The number of aromatic amines is 1. The summed E-state index contributed by atoms with van der Waals surface area (Å²) in [5.41, 5.74) is 4.57. The van der Waals surface area contributed by atoms with Crippen LogP contribution in [-0.2, 0) is 6.42 Å². The molecule has 1 aromatic carbocycles. The Kier molecular flexibility index (Phi) is 11.7. The van der Waals surface area contributed by atoms with Crippen molar-refractivity contribution in [1.29, 1.82) is 0 Å². The Hall–Kier alpha value is -1.68. The SMILES string of the molecule is CCCCCCCN(CCCCCCC)CCc1n[nH]nc1-c1ccccc1C. The van der Waals surface area contributed by atoms with E-state index in [9.17, 15) is 0 Å². The Balaban J connectivity index is 1.89. The van der Waals surface area contributed by atoms with Crippen LogP contribution in [0.4, 0.5) is 0 Å². The molecule has 0 bridgehead atoms. The summed E-state index contributed by atoms with van der Waals surface area (Å²) in [7, 11) is 0. The van der Waals surface area contributed by atoms with Gasteiger partial charge < -0.3 is 4.90 Å². The van der Waals surface area contributed by atoms with Gasteiger partial charge in [-0.1, -0.05) is 89.5 Å². The lowest BCUT2D eigenvalue weighted by Crippen LogP contribution is -2.28. The second kappa shape index (κ2) is 14.3. The zero-order chi connectivity index (χ0) is 20.7. The van der Waals surface area contributed by atoms with Crippen LogP contribution in [-0.4, -0.2) is 39.9 Å². The third-order valence-corrected chi connectivity index (χ3v) is 5.84. The molecule has 162 valence electrons. The molecule has 0 aliphatic carbocycles. The highest BCUT2D eigenvalue weighted by molar-refractivity contribution is 5.65. The van der Waals surface area contributed by atoms with Gasteiger partial charge in [0.1, 0.15) is 5.69 Å². The van der Waals surface area contributed by atoms with Gasteiger partial charge in [-0.3, -0.25) is 0 Å². The van der Waals surface area contributed by atoms with Crippen molar-refractivity contribution in [3.8, 4) is 11.3 Å². The van der Waals surface area contributed by atoms with Crippen molar-refractivity contribution in [3.05, 3.63) is 35.5 Å². The standard InChI is InChI=1S/C25H42N4/c1-4-6-8-10-14-19-29(20-15-11-9-7-5-2)21-18-24-25(27-28-26-24)23-17-13-12-16-22(23)3/h12-13,16-17H,4-11,14-15,18-21H2,1-3H3,(H,26,27,28). The minimum absolute atomic E-state index is 0.962. The van der Waals surface area contributed by atoms with E-state index in [1.807, 2.05) is 0 Å². The molecule has 0 atom stereocenters. The van der Waals surface area contributed by atoms with Gasteiger partial charge >= 0.3 is 0 Å². The van der Waals surface area contributed by atoms with Crippen molar-refractivity contribution in [2.75, 3.05) is 19.6 Å². The molecule has 2 rings (SSSR count). The lowest BCUT2D eigenvalue weighted by molar-refractivity contribution is 0.262. The minimum atomic E-state index is 0.962. The van der Waals surface area contributed by atoms with E-state index < -0.39 is 0 Å². The first-order valence-electron chi connectivity index (χ1n) is 11.9. The zero-order valence-corrected chi connectivity index (χ0v) is 19.1. The van der Waals surface area contributed by atoms with E-state index in [-0.39, 0.29) is 0 Å². The number of benzene rings is 1. The molecular formula is C25H42N4. The Bertz CT molecular complexity index is 650. The van der Waals surface area contributed by atoms with Gasteiger partial charge in [-0.05, 0) is 38.4 Å². The Morgan fingerprint density at radius 1 is 0.759 bits per heavy atom. The molecule has 0 spiro atoms. The second-order valence-electron chi connectivity index (χ2n) is 8.35. The number of hydrogen-bond acceptors (Lipinski definition) is 3. The van der Waals surface area contributed by atoms with Crippen molar-refractivity contribution in [2.24, 2.45) is 0 Å². The fourth-order valence-electron chi connectivity index (χ4n) is 3.96. The average Bonchev–Trinajstić information content (AvgIpc) is 3.19. The molecule has 1 heterocycles. The van der Waals surface area contributed by atoms with Gasteiger partial charge in [0.15, 0.2) is 0 Å². The summed E-state index contributed by atoms with van der Waals surface area (Å²) in [5.74, 6) is 0. The topological polar surface area (TPSA) is 44.8 Å². The number of nitrogens with one attached hydrogen (secondary N) is 1. The number of aryl methyl sites for hydroxylation is 1. The molecule has 0 saturated heterocycles. The van der Waals surface area contributed by atoms with Gasteiger partial charge in [0.05, 0.1) is 5.69 Å². The van der Waals surface area contributed by atoms with Crippen LogP contribution in [0.15, 0.2) is 24.3 Å². The number of unbranched alkanes of at least 4 members (excludes halogenated alkanes) is 8. The molecule has 0 unspecified atom stereocenters. The van der Waals surface area contributed by atoms with Gasteiger partial charge in [0.25, 0.3) is 0 Å². The van der Waals surface area contributed by atoms with E-state index in [2.05, 4.69) is 65.3 Å². The average molecular weight is 399 g/mol. The lowest BCUT2D eigenvalue weighted by Gasteiger charge is -2.22. The predicted molar refractivity (Wildman–Crippen MR) is 124 cm³/mol. The third-order valence-electron chi connectivity index (χ3n) is 5.84. The van der Waals surface area contributed by atoms with Crippen LogP contribution >= 0.6 is 0 Å². The van der Waals surface area contributed by atoms with Gasteiger partial charge in [0, 0.05) is 18.5 Å². The first kappa shape index (κ1) is 23.6. The van der Waals surface area contributed by atoms with E-state index in [1.54, 1.807) is 0 Å².